The van der Waals surface area contributed by atoms with Crippen LogP contribution in [-0.2, 0) is 9.53 Å². The van der Waals surface area contributed by atoms with Gasteiger partial charge in [-0.1, -0.05) is 37.4 Å². The Kier molecular flexibility index (Phi) is 6.38. The molecule has 15 heavy (non-hydrogen) atoms. The fourth-order valence-corrected chi connectivity index (χ4v) is 0.743. The van der Waals surface area contributed by atoms with Crippen LogP contribution in [0, 0.1) is 0 Å². The highest BCUT2D eigenvalue weighted by atomic mass is 16.5. The van der Waals surface area contributed by atoms with Gasteiger partial charge in [-0.15, -0.1) is 0 Å². The van der Waals surface area contributed by atoms with Gasteiger partial charge in [-0.25, -0.2) is 4.79 Å². The molecule has 0 atom stereocenters. The molecule has 1 rings (SSSR count). The number of para-hydroxylation sites is 1. The number of phenolic OH excluding ortho intramolecular Hbond substituents is 1. The van der Waals surface area contributed by atoms with Gasteiger partial charge in [0.1, 0.15) is 5.75 Å². The molecule has 3 nitrogen and oxygen atoms in total. The molecule has 0 aliphatic rings. The van der Waals surface area contributed by atoms with Crippen molar-refractivity contribution in [3.05, 3.63) is 49.1 Å². The lowest BCUT2D eigenvalue weighted by Gasteiger charge is -1.93. The number of methoxy groups -OCH3 is 1. The van der Waals surface area contributed by atoms with Crippen LogP contribution < -0.4 is 0 Å². The summed E-state index contributed by atoms with van der Waals surface area (Å²) in [5.41, 5.74) is 0.775. The molecule has 1 aromatic rings. The Balaban J connectivity index is 0.000000288. The first-order chi connectivity index (χ1) is 7.15. The molecule has 1 aromatic carbocycles. The standard InChI is InChI=1S/C8H8O.C4H6O2/c1-2-7-5-3-4-6-8(7)9;1-3-4(5)6-2/h2-6,9H,1H2;3H,1H2,2H3. The molecule has 0 amide bonds. The molecule has 0 aliphatic carbocycles. The van der Waals surface area contributed by atoms with Crippen molar-refractivity contribution < 1.29 is 14.6 Å². The van der Waals surface area contributed by atoms with E-state index >= 15 is 0 Å². The molecule has 0 heterocycles. The average molecular weight is 206 g/mol. The number of hydrogen-bond donors (Lipinski definition) is 1. The summed E-state index contributed by atoms with van der Waals surface area (Å²) in [6.07, 6.45) is 2.73. The maximum atomic E-state index is 9.84. The third-order valence-corrected chi connectivity index (χ3v) is 1.52. The number of carbonyl (C=O) groups is 1. The molecule has 3 heteroatoms. The van der Waals surface area contributed by atoms with Gasteiger partial charge in [-0.3, -0.25) is 0 Å². The van der Waals surface area contributed by atoms with Crippen molar-refractivity contribution in [3.63, 3.8) is 0 Å². The average Bonchev–Trinajstić information content (AvgIpc) is 2.29. The predicted octanol–water partition coefficient (Wildman–Crippen LogP) is 2.38. The van der Waals surface area contributed by atoms with Crippen LogP contribution in [0.25, 0.3) is 6.08 Å². The second kappa shape index (κ2) is 7.38. The van der Waals surface area contributed by atoms with Crippen LogP contribution in [0.15, 0.2) is 43.5 Å². The molecular formula is C12H14O3. The second-order valence-corrected chi connectivity index (χ2v) is 2.49. The van der Waals surface area contributed by atoms with Gasteiger partial charge in [0.2, 0.25) is 0 Å². The summed E-state index contributed by atoms with van der Waals surface area (Å²) < 4.78 is 4.14. The van der Waals surface area contributed by atoms with Crippen LogP contribution in [0.1, 0.15) is 5.56 Å². The maximum absolute atomic E-state index is 9.84. The first kappa shape index (κ1) is 13.0. The van der Waals surface area contributed by atoms with E-state index in [4.69, 9.17) is 5.11 Å². The van der Waals surface area contributed by atoms with Crippen LogP contribution >= 0.6 is 0 Å². The highest BCUT2D eigenvalue weighted by Crippen LogP contribution is 2.15. The number of esters is 1. The highest BCUT2D eigenvalue weighted by molar-refractivity contribution is 5.80. The number of phenols is 1. The number of carbonyl (C=O) groups excluding carboxylic acids is 1. The van der Waals surface area contributed by atoms with Gasteiger partial charge < -0.3 is 9.84 Å². The quantitative estimate of drug-likeness (QED) is 0.597. The van der Waals surface area contributed by atoms with Crippen LogP contribution in [-0.4, -0.2) is 18.2 Å². The summed E-state index contributed by atoms with van der Waals surface area (Å²) in [7, 11) is 1.31. The zero-order valence-corrected chi connectivity index (χ0v) is 8.64. The summed E-state index contributed by atoms with van der Waals surface area (Å²) in [6, 6.07) is 7.08. The van der Waals surface area contributed by atoms with Gasteiger partial charge >= 0.3 is 5.97 Å². The third-order valence-electron chi connectivity index (χ3n) is 1.52. The fraction of sp³-hybridized carbons (Fsp3) is 0.0833. The van der Waals surface area contributed by atoms with Gasteiger partial charge in [-0.2, -0.15) is 0 Å². The second-order valence-electron chi connectivity index (χ2n) is 2.49. The molecule has 0 bridgehead atoms. The Morgan fingerprint density at radius 2 is 2.00 bits per heavy atom. The molecule has 0 spiro atoms. The summed E-state index contributed by atoms with van der Waals surface area (Å²) in [6.45, 7) is 6.69. The van der Waals surface area contributed by atoms with Gasteiger partial charge in [0.05, 0.1) is 7.11 Å². The molecule has 1 N–H and O–H groups in total. The predicted molar refractivity (Wildman–Crippen MR) is 60.4 cm³/mol. The van der Waals surface area contributed by atoms with E-state index in [2.05, 4.69) is 17.9 Å². The van der Waals surface area contributed by atoms with E-state index in [1.165, 1.54) is 7.11 Å². The van der Waals surface area contributed by atoms with Crippen molar-refractivity contribution in [2.24, 2.45) is 0 Å². The van der Waals surface area contributed by atoms with Crippen molar-refractivity contribution in [2.75, 3.05) is 7.11 Å². The van der Waals surface area contributed by atoms with E-state index in [0.29, 0.717) is 0 Å². The SMILES string of the molecule is C=CC(=O)OC.C=Cc1ccccc1O. The van der Waals surface area contributed by atoms with Crippen LogP contribution in [0.4, 0.5) is 0 Å². The minimum atomic E-state index is -0.394. The Morgan fingerprint density at radius 1 is 1.40 bits per heavy atom. The zero-order valence-electron chi connectivity index (χ0n) is 8.64. The van der Waals surface area contributed by atoms with Crippen LogP contribution in [0.5, 0.6) is 5.75 Å². The maximum Gasteiger partial charge on any atom is 0.329 e. The largest absolute Gasteiger partial charge is 0.507 e. The number of rotatable bonds is 2. The normalized spacial score (nSPS) is 8.07. The molecule has 0 radical (unpaired) electrons. The number of benzene rings is 1. The minimum Gasteiger partial charge on any atom is -0.507 e. The summed E-state index contributed by atoms with van der Waals surface area (Å²) in [5.74, 6) is -0.109. The van der Waals surface area contributed by atoms with E-state index < -0.39 is 5.97 Å². The van der Waals surface area contributed by atoms with E-state index in [1.54, 1.807) is 18.2 Å². The zero-order chi connectivity index (χ0) is 11.7. The summed E-state index contributed by atoms with van der Waals surface area (Å²) >= 11 is 0. The lowest BCUT2D eigenvalue weighted by atomic mass is 10.2. The van der Waals surface area contributed by atoms with E-state index in [-0.39, 0.29) is 5.75 Å². The number of ether oxygens (including phenoxy) is 1. The third kappa shape index (κ3) is 5.31. The smallest absolute Gasteiger partial charge is 0.329 e. The van der Waals surface area contributed by atoms with Crippen molar-refractivity contribution >= 4 is 12.0 Å². The summed E-state index contributed by atoms with van der Waals surface area (Å²) in [5, 5.41) is 9.04. The Labute approximate surface area is 89.3 Å². The first-order valence-electron chi connectivity index (χ1n) is 4.26. The first-order valence-corrected chi connectivity index (χ1v) is 4.26. The molecule has 0 fully saturated rings. The fourth-order valence-electron chi connectivity index (χ4n) is 0.743. The summed E-state index contributed by atoms with van der Waals surface area (Å²) in [4.78, 5) is 9.84. The lowest BCUT2D eigenvalue weighted by Crippen LogP contribution is -1.91. The Bertz CT molecular complexity index is 342. The van der Waals surface area contributed by atoms with Gasteiger partial charge in [0.15, 0.2) is 0 Å². The van der Waals surface area contributed by atoms with Crippen molar-refractivity contribution in [2.45, 2.75) is 0 Å². The number of aromatic hydroxyl groups is 1. The van der Waals surface area contributed by atoms with Crippen LogP contribution in [0.3, 0.4) is 0 Å². The van der Waals surface area contributed by atoms with E-state index in [1.807, 2.05) is 12.1 Å². The molecule has 80 valence electrons. The van der Waals surface area contributed by atoms with E-state index in [9.17, 15) is 4.79 Å². The Hall–Kier alpha value is -2.03. The van der Waals surface area contributed by atoms with Gasteiger partial charge in [-0.05, 0) is 6.07 Å². The highest BCUT2D eigenvalue weighted by Gasteiger charge is 1.89. The van der Waals surface area contributed by atoms with Gasteiger partial charge in [0.25, 0.3) is 0 Å². The minimum absolute atomic E-state index is 0.285. The topological polar surface area (TPSA) is 46.5 Å². The van der Waals surface area contributed by atoms with Crippen molar-refractivity contribution in [1.82, 2.24) is 0 Å². The Morgan fingerprint density at radius 3 is 2.27 bits per heavy atom. The molecule has 0 saturated heterocycles. The molecule has 0 saturated carbocycles. The van der Waals surface area contributed by atoms with E-state index in [0.717, 1.165) is 11.6 Å². The van der Waals surface area contributed by atoms with Crippen molar-refractivity contribution in [3.8, 4) is 5.75 Å². The number of hydrogen-bond acceptors (Lipinski definition) is 3. The molecular weight excluding hydrogens is 192 g/mol. The lowest BCUT2D eigenvalue weighted by molar-refractivity contribution is -0.134. The molecule has 0 unspecified atom stereocenters. The molecule has 0 aromatic heterocycles. The van der Waals surface area contributed by atoms with Crippen LogP contribution in [0.2, 0.25) is 0 Å². The monoisotopic (exact) mass is 206 g/mol. The van der Waals surface area contributed by atoms with Crippen molar-refractivity contribution in [1.29, 1.82) is 0 Å². The van der Waals surface area contributed by atoms with Gasteiger partial charge in [0, 0.05) is 11.6 Å². The molecule has 0 aliphatic heterocycles.